The molecule has 0 radical (unpaired) electrons. The molecule has 1 aliphatic carbocycles. The Balaban J connectivity index is 2.19. The van der Waals surface area contributed by atoms with Gasteiger partial charge >= 0.3 is 0 Å². The summed E-state index contributed by atoms with van der Waals surface area (Å²) in [7, 11) is 0. The van der Waals surface area contributed by atoms with E-state index in [0.717, 1.165) is 22.7 Å². The van der Waals surface area contributed by atoms with Crippen LogP contribution in [-0.2, 0) is 0 Å². The fourth-order valence-electron chi connectivity index (χ4n) is 3.17. The molecule has 1 aromatic rings. The molecule has 0 amide bonds. The molecule has 1 aliphatic rings. The number of nitrogens with two attached hydrogens (primary N) is 1. The first-order valence-corrected chi connectivity index (χ1v) is 8.96. The van der Waals surface area contributed by atoms with E-state index < -0.39 is 0 Å². The van der Waals surface area contributed by atoms with Crippen molar-refractivity contribution in [2.75, 3.05) is 18.1 Å². The number of hydrogen-bond donors (Lipinski definition) is 2. The minimum Gasteiger partial charge on any atom is -0.389 e. The predicted molar refractivity (Wildman–Crippen MR) is 93.8 cm³/mol. The van der Waals surface area contributed by atoms with Crippen LogP contribution >= 0.6 is 24.0 Å². The van der Waals surface area contributed by atoms with Gasteiger partial charge in [-0.25, -0.2) is 0 Å². The van der Waals surface area contributed by atoms with Crippen molar-refractivity contribution in [3.05, 3.63) is 23.8 Å². The molecule has 110 valence electrons. The molecule has 0 atom stereocenters. The Bertz CT molecular complexity index is 479. The van der Waals surface area contributed by atoms with Gasteiger partial charge in [-0.3, -0.25) is 0 Å². The molecule has 1 aromatic carbocycles. The van der Waals surface area contributed by atoms with Gasteiger partial charge < -0.3 is 11.1 Å². The molecule has 20 heavy (non-hydrogen) atoms. The van der Waals surface area contributed by atoms with E-state index in [2.05, 4.69) is 36.7 Å². The number of anilines is 1. The number of rotatable bonds is 6. The van der Waals surface area contributed by atoms with Crippen LogP contribution in [0.5, 0.6) is 0 Å². The summed E-state index contributed by atoms with van der Waals surface area (Å²) >= 11 is 6.93. The third-order valence-electron chi connectivity index (χ3n) is 4.56. The van der Waals surface area contributed by atoms with E-state index in [1.807, 2.05) is 0 Å². The molecule has 1 saturated carbocycles. The van der Waals surface area contributed by atoms with Crippen LogP contribution in [0.15, 0.2) is 23.1 Å². The van der Waals surface area contributed by atoms with Crippen LogP contribution in [0.4, 0.5) is 5.69 Å². The molecule has 0 aliphatic heterocycles. The van der Waals surface area contributed by atoms with Crippen molar-refractivity contribution in [2.24, 2.45) is 11.1 Å². The maximum atomic E-state index is 5.92. The number of benzene rings is 1. The van der Waals surface area contributed by atoms with Crippen LogP contribution in [-0.4, -0.2) is 17.8 Å². The van der Waals surface area contributed by atoms with Gasteiger partial charge in [0.15, 0.2) is 0 Å². The van der Waals surface area contributed by atoms with E-state index in [0.29, 0.717) is 10.4 Å². The van der Waals surface area contributed by atoms with Crippen LogP contribution in [0.2, 0.25) is 0 Å². The fraction of sp³-hybridized carbons (Fsp3) is 0.562. The molecule has 2 rings (SSSR count). The lowest BCUT2D eigenvalue weighted by Crippen LogP contribution is -2.27. The molecule has 4 heteroatoms. The Hall–Kier alpha value is -0.740. The van der Waals surface area contributed by atoms with Crippen molar-refractivity contribution in [3.8, 4) is 0 Å². The Morgan fingerprint density at radius 2 is 2.10 bits per heavy atom. The van der Waals surface area contributed by atoms with Crippen LogP contribution < -0.4 is 11.1 Å². The van der Waals surface area contributed by atoms with E-state index in [-0.39, 0.29) is 0 Å². The zero-order valence-corrected chi connectivity index (χ0v) is 14.0. The van der Waals surface area contributed by atoms with E-state index >= 15 is 0 Å². The molecule has 0 aromatic heterocycles. The fourth-order valence-corrected chi connectivity index (χ4v) is 4.09. The second-order valence-corrected chi connectivity index (χ2v) is 6.95. The topological polar surface area (TPSA) is 38.0 Å². The van der Waals surface area contributed by atoms with Crippen molar-refractivity contribution in [1.82, 2.24) is 0 Å². The van der Waals surface area contributed by atoms with E-state index in [4.69, 9.17) is 18.0 Å². The molecule has 2 nitrogen and oxygen atoms in total. The third kappa shape index (κ3) is 3.29. The van der Waals surface area contributed by atoms with Gasteiger partial charge in [-0.05, 0) is 43.1 Å². The highest BCUT2D eigenvalue weighted by Gasteiger charge is 2.31. The summed E-state index contributed by atoms with van der Waals surface area (Å²) in [5.41, 5.74) is 8.47. The van der Waals surface area contributed by atoms with E-state index in [9.17, 15) is 0 Å². The van der Waals surface area contributed by atoms with Gasteiger partial charge in [-0.2, -0.15) is 0 Å². The van der Waals surface area contributed by atoms with Crippen LogP contribution in [0.25, 0.3) is 0 Å². The summed E-state index contributed by atoms with van der Waals surface area (Å²) in [6, 6.07) is 6.24. The zero-order chi connectivity index (χ0) is 14.6. The smallest absolute Gasteiger partial charge is 0.107 e. The van der Waals surface area contributed by atoms with E-state index in [1.54, 1.807) is 11.8 Å². The molecule has 0 bridgehead atoms. The highest BCUT2D eigenvalue weighted by Crippen LogP contribution is 2.41. The third-order valence-corrected chi connectivity index (χ3v) is 5.54. The summed E-state index contributed by atoms with van der Waals surface area (Å²) < 4.78 is 0. The number of nitrogens with one attached hydrogen (secondary N) is 1. The Kier molecular flexibility index (Phi) is 5.33. The Morgan fingerprint density at radius 1 is 1.40 bits per heavy atom. The molecule has 0 unspecified atom stereocenters. The summed E-state index contributed by atoms with van der Waals surface area (Å²) in [5, 5.41) is 3.62. The maximum absolute atomic E-state index is 5.92. The number of thioether (sulfide) groups is 1. The molecule has 3 N–H and O–H groups in total. The van der Waals surface area contributed by atoms with Crippen molar-refractivity contribution in [2.45, 2.75) is 43.9 Å². The predicted octanol–water partition coefficient (Wildman–Crippen LogP) is 4.43. The van der Waals surface area contributed by atoms with Crippen molar-refractivity contribution >= 4 is 34.7 Å². The highest BCUT2D eigenvalue weighted by atomic mass is 32.2. The molecule has 1 fully saturated rings. The minimum atomic E-state index is 0.461. The monoisotopic (exact) mass is 308 g/mol. The largest absolute Gasteiger partial charge is 0.389 e. The van der Waals surface area contributed by atoms with Crippen LogP contribution in [0.1, 0.15) is 44.6 Å². The normalized spacial score (nSPS) is 17.1. The summed E-state index contributed by atoms with van der Waals surface area (Å²) in [4.78, 5) is 1.63. The van der Waals surface area contributed by atoms with Gasteiger partial charge in [0.25, 0.3) is 0 Å². The first kappa shape index (κ1) is 15.6. The minimum absolute atomic E-state index is 0.461. The second-order valence-electron chi connectivity index (χ2n) is 5.66. The Labute approximate surface area is 131 Å². The average molecular weight is 309 g/mol. The van der Waals surface area contributed by atoms with Gasteiger partial charge in [-0.1, -0.05) is 38.0 Å². The Morgan fingerprint density at radius 3 is 2.65 bits per heavy atom. The lowest BCUT2D eigenvalue weighted by molar-refractivity contribution is 0.307. The van der Waals surface area contributed by atoms with Gasteiger partial charge in [0.05, 0.1) is 0 Å². The first-order chi connectivity index (χ1) is 9.62. The molecular formula is C16H24N2S2. The zero-order valence-electron chi connectivity index (χ0n) is 12.4. The van der Waals surface area contributed by atoms with Gasteiger partial charge in [0.2, 0.25) is 0 Å². The van der Waals surface area contributed by atoms with Gasteiger partial charge in [0.1, 0.15) is 4.99 Å². The second kappa shape index (κ2) is 6.81. The van der Waals surface area contributed by atoms with Crippen molar-refractivity contribution < 1.29 is 0 Å². The number of hydrogen-bond acceptors (Lipinski definition) is 3. The SMILES string of the molecule is CCC1(CNc2cccc(SC)c2C(N)=S)CCCC1. The van der Waals surface area contributed by atoms with Crippen molar-refractivity contribution in [1.29, 1.82) is 0 Å². The quantitative estimate of drug-likeness (QED) is 0.602. The van der Waals surface area contributed by atoms with Gasteiger partial charge in [-0.15, -0.1) is 11.8 Å². The standard InChI is InChI=1S/C16H24N2S2/c1-3-16(9-4-5-10-16)11-18-12-7-6-8-13(20-2)14(12)15(17)19/h6-8,18H,3-5,9-11H2,1-2H3,(H2,17,19). The lowest BCUT2D eigenvalue weighted by Gasteiger charge is -2.29. The highest BCUT2D eigenvalue weighted by molar-refractivity contribution is 7.98. The molecule has 0 saturated heterocycles. The van der Waals surface area contributed by atoms with Crippen molar-refractivity contribution in [3.63, 3.8) is 0 Å². The van der Waals surface area contributed by atoms with E-state index in [1.165, 1.54) is 32.1 Å². The summed E-state index contributed by atoms with van der Waals surface area (Å²) in [6.45, 7) is 3.33. The molecular weight excluding hydrogens is 284 g/mol. The summed E-state index contributed by atoms with van der Waals surface area (Å²) in [5.74, 6) is 0. The lowest BCUT2D eigenvalue weighted by atomic mass is 9.83. The number of thiocarbonyl (C=S) groups is 1. The molecule has 0 spiro atoms. The van der Waals surface area contributed by atoms with Crippen LogP contribution in [0.3, 0.4) is 0 Å². The summed E-state index contributed by atoms with van der Waals surface area (Å²) in [6.07, 6.45) is 8.70. The molecule has 0 heterocycles. The maximum Gasteiger partial charge on any atom is 0.107 e. The van der Waals surface area contributed by atoms with Gasteiger partial charge in [0, 0.05) is 22.7 Å². The van der Waals surface area contributed by atoms with Crippen LogP contribution in [0, 0.1) is 5.41 Å². The average Bonchev–Trinajstić information content (AvgIpc) is 2.93. The first-order valence-electron chi connectivity index (χ1n) is 7.32.